The first-order valence-electron chi connectivity index (χ1n) is 15.8. The van der Waals surface area contributed by atoms with Gasteiger partial charge in [-0.05, 0) is 44.1 Å². The van der Waals surface area contributed by atoms with Crippen LogP contribution < -0.4 is 0 Å². The Balaban J connectivity index is 1.81. The standard InChI is InChI=1S/C35H50BrN3O4S/c1-9-17-37(20-23-15-13-12-14-16-23)30(41)26-27-31(42)39(24(11-3)21-40)29(35(27)19-25(36)28(26)44-35)32(43)38(18-10-2)34(7,8)22-33(4,5)6/h9-10,12-16,24-29,40H,1-2,11,17-22H2,3-8H3/t24-,25?,26-,27-,28-,29?,35?/m0/s1. The highest BCUT2D eigenvalue weighted by Crippen LogP contribution is 2.68. The van der Waals surface area contributed by atoms with Gasteiger partial charge in [-0.3, -0.25) is 14.4 Å². The molecular formula is C35H50BrN3O4S. The monoisotopic (exact) mass is 687 g/mol. The van der Waals surface area contributed by atoms with Crippen molar-refractivity contribution in [2.24, 2.45) is 17.3 Å². The number of likely N-dealkylation sites (tertiary alicyclic amines) is 1. The molecule has 3 amide bonds. The van der Waals surface area contributed by atoms with Crippen molar-refractivity contribution in [1.82, 2.24) is 14.7 Å². The lowest BCUT2D eigenvalue weighted by molar-refractivity contribution is -0.149. The summed E-state index contributed by atoms with van der Waals surface area (Å²) in [5.41, 5.74) is 0.441. The predicted octanol–water partition coefficient (Wildman–Crippen LogP) is 5.67. The molecule has 1 aromatic rings. The Hall–Kier alpha value is -2.10. The molecular weight excluding hydrogens is 638 g/mol. The van der Waals surface area contributed by atoms with Gasteiger partial charge in [-0.2, -0.15) is 0 Å². The molecule has 3 unspecified atom stereocenters. The van der Waals surface area contributed by atoms with Crippen LogP contribution in [0.25, 0.3) is 0 Å². The summed E-state index contributed by atoms with van der Waals surface area (Å²) in [5.74, 6) is -1.66. The van der Waals surface area contributed by atoms with Gasteiger partial charge < -0.3 is 19.8 Å². The van der Waals surface area contributed by atoms with Crippen molar-refractivity contribution in [3.8, 4) is 0 Å². The van der Waals surface area contributed by atoms with E-state index in [0.29, 0.717) is 32.5 Å². The summed E-state index contributed by atoms with van der Waals surface area (Å²) < 4.78 is -0.792. The number of alkyl halides is 1. The number of amides is 3. The van der Waals surface area contributed by atoms with E-state index in [1.807, 2.05) is 42.2 Å². The number of fused-ring (bicyclic) bond motifs is 1. The maximum absolute atomic E-state index is 15.0. The number of thioether (sulfide) groups is 1. The van der Waals surface area contributed by atoms with E-state index in [0.717, 1.165) is 12.0 Å². The molecule has 0 aliphatic carbocycles. The Morgan fingerprint density at radius 1 is 1.14 bits per heavy atom. The fourth-order valence-corrected chi connectivity index (χ4v) is 11.7. The van der Waals surface area contributed by atoms with Crippen molar-refractivity contribution in [2.45, 2.75) is 99.8 Å². The quantitative estimate of drug-likeness (QED) is 0.214. The van der Waals surface area contributed by atoms with Crippen LogP contribution in [0.2, 0.25) is 0 Å². The zero-order valence-electron chi connectivity index (χ0n) is 27.2. The fraction of sp³-hybridized carbons (Fsp3) is 0.629. The second kappa shape index (κ2) is 13.3. The molecule has 2 bridgehead atoms. The van der Waals surface area contributed by atoms with E-state index in [2.05, 4.69) is 63.7 Å². The molecule has 0 radical (unpaired) electrons. The molecule has 7 atom stereocenters. The smallest absolute Gasteiger partial charge is 0.247 e. The number of aliphatic hydroxyl groups is 1. The third kappa shape index (κ3) is 6.30. The van der Waals surface area contributed by atoms with Crippen LogP contribution >= 0.6 is 27.7 Å². The maximum atomic E-state index is 15.0. The summed E-state index contributed by atoms with van der Waals surface area (Å²) in [7, 11) is 0. The molecule has 3 fully saturated rings. The van der Waals surface area contributed by atoms with Crippen LogP contribution in [-0.2, 0) is 20.9 Å². The average molecular weight is 689 g/mol. The summed E-state index contributed by atoms with van der Waals surface area (Å²) in [6.45, 7) is 21.3. The minimum Gasteiger partial charge on any atom is -0.394 e. The van der Waals surface area contributed by atoms with Crippen molar-refractivity contribution in [1.29, 1.82) is 0 Å². The molecule has 242 valence electrons. The van der Waals surface area contributed by atoms with Gasteiger partial charge in [0.25, 0.3) is 0 Å². The van der Waals surface area contributed by atoms with Crippen LogP contribution in [0, 0.1) is 17.3 Å². The molecule has 0 aromatic heterocycles. The van der Waals surface area contributed by atoms with Gasteiger partial charge in [-0.1, -0.05) is 86.1 Å². The molecule has 0 saturated carbocycles. The number of hydrogen-bond donors (Lipinski definition) is 1. The van der Waals surface area contributed by atoms with Crippen molar-refractivity contribution in [2.75, 3.05) is 19.7 Å². The molecule has 3 saturated heterocycles. The second-order valence-corrected chi connectivity index (χ2v) is 17.2. The summed E-state index contributed by atoms with van der Waals surface area (Å²) >= 11 is 5.53. The minimum absolute atomic E-state index is 0.0345. The number of halogens is 1. The molecule has 3 aliphatic rings. The van der Waals surface area contributed by atoms with Crippen LogP contribution in [-0.4, -0.2) is 89.7 Å². The molecule has 44 heavy (non-hydrogen) atoms. The van der Waals surface area contributed by atoms with E-state index in [4.69, 9.17) is 0 Å². The number of carbonyl (C=O) groups excluding carboxylic acids is 3. The first-order valence-corrected chi connectivity index (χ1v) is 17.6. The molecule has 3 heterocycles. The Labute approximate surface area is 276 Å². The van der Waals surface area contributed by atoms with Gasteiger partial charge in [-0.15, -0.1) is 24.9 Å². The Bertz CT molecular complexity index is 1250. The Morgan fingerprint density at radius 3 is 2.32 bits per heavy atom. The van der Waals surface area contributed by atoms with Crippen LogP contribution in [0.3, 0.4) is 0 Å². The van der Waals surface area contributed by atoms with Crippen LogP contribution in [0.15, 0.2) is 55.6 Å². The maximum Gasteiger partial charge on any atom is 0.247 e. The molecule has 9 heteroatoms. The van der Waals surface area contributed by atoms with Gasteiger partial charge in [0, 0.05) is 35.3 Å². The van der Waals surface area contributed by atoms with E-state index >= 15 is 4.79 Å². The summed E-state index contributed by atoms with van der Waals surface area (Å²) in [4.78, 5) is 49.5. The number of aliphatic hydroxyl groups excluding tert-OH is 1. The molecule has 1 aromatic carbocycles. The zero-order valence-corrected chi connectivity index (χ0v) is 29.6. The molecule has 1 spiro atoms. The number of nitrogens with zero attached hydrogens (tertiary/aromatic N) is 3. The SMILES string of the molecule is C=CCN(Cc1ccccc1)C(=O)[C@H]1[C@H]2C(=O)N([C@@H](CC)CO)C(C(=O)N(CC=C)C(C)(C)CC(C)(C)C)C23CC(Br)[C@@H]1S3. The van der Waals surface area contributed by atoms with Crippen LogP contribution in [0.5, 0.6) is 0 Å². The van der Waals surface area contributed by atoms with Gasteiger partial charge >= 0.3 is 0 Å². The van der Waals surface area contributed by atoms with E-state index < -0.39 is 34.2 Å². The van der Waals surface area contributed by atoms with Gasteiger partial charge in [0.1, 0.15) is 6.04 Å². The van der Waals surface area contributed by atoms with Crippen molar-refractivity contribution >= 4 is 45.4 Å². The lowest BCUT2D eigenvalue weighted by Crippen LogP contribution is -2.61. The lowest BCUT2D eigenvalue weighted by atomic mass is 9.70. The normalized spacial score (nSPS) is 28.5. The van der Waals surface area contributed by atoms with Crippen molar-refractivity contribution in [3.63, 3.8) is 0 Å². The van der Waals surface area contributed by atoms with Crippen molar-refractivity contribution in [3.05, 3.63) is 61.2 Å². The number of rotatable bonds is 13. The Kier molecular flexibility index (Phi) is 10.5. The van der Waals surface area contributed by atoms with E-state index in [1.54, 1.807) is 33.7 Å². The largest absolute Gasteiger partial charge is 0.394 e. The third-order valence-electron chi connectivity index (χ3n) is 9.47. The molecule has 3 aliphatic heterocycles. The van der Waals surface area contributed by atoms with Gasteiger partial charge in [0.15, 0.2) is 0 Å². The minimum atomic E-state index is -0.800. The van der Waals surface area contributed by atoms with Crippen molar-refractivity contribution < 1.29 is 19.5 Å². The van der Waals surface area contributed by atoms with Crippen LogP contribution in [0.4, 0.5) is 0 Å². The van der Waals surface area contributed by atoms with Gasteiger partial charge in [-0.25, -0.2) is 0 Å². The van der Waals surface area contributed by atoms with E-state index in [9.17, 15) is 14.7 Å². The Morgan fingerprint density at radius 2 is 1.77 bits per heavy atom. The highest BCUT2D eigenvalue weighted by atomic mass is 79.9. The second-order valence-electron chi connectivity index (χ2n) is 14.4. The van der Waals surface area contributed by atoms with E-state index in [-0.39, 0.29) is 39.8 Å². The van der Waals surface area contributed by atoms with Gasteiger partial charge in [0.2, 0.25) is 17.7 Å². The number of benzene rings is 1. The number of hydrogen-bond acceptors (Lipinski definition) is 5. The van der Waals surface area contributed by atoms with Gasteiger partial charge in [0.05, 0.1) is 29.2 Å². The molecule has 4 rings (SSSR count). The lowest BCUT2D eigenvalue weighted by Gasteiger charge is -2.46. The highest BCUT2D eigenvalue weighted by Gasteiger charge is 2.76. The summed E-state index contributed by atoms with van der Waals surface area (Å²) in [6.07, 6.45) is 5.32. The topological polar surface area (TPSA) is 81.2 Å². The zero-order chi connectivity index (χ0) is 32.6. The first-order chi connectivity index (χ1) is 20.7. The third-order valence-corrected chi connectivity index (χ3v) is 12.7. The molecule has 1 N–H and O–H groups in total. The molecule has 7 nitrogen and oxygen atoms in total. The van der Waals surface area contributed by atoms with Crippen LogP contribution in [0.1, 0.15) is 66.4 Å². The predicted molar refractivity (Wildman–Crippen MR) is 182 cm³/mol. The average Bonchev–Trinajstić information content (AvgIpc) is 3.54. The fourth-order valence-electron chi connectivity index (χ4n) is 8.14. The number of carbonyl (C=O) groups is 3. The first kappa shape index (κ1) is 34.8. The summed E-state index contributed by atoms with van der Waals surface area (Å²) in [6, 6.07) is 8.51. The summed E-state index contributed by atoms with van der Waals surface area (Å²) in [5, 5.41) is 10.3. The highest BCUT2D eigenvalue weighted by molar-refractivity contribution is 9.09. The van der Waals surface area contributed by atoms with E-state index in [1.165, 1.54) is 0 Å².